The lowest BCUT2D eigenvalue weighted by Crippen LogP contribution is -2.50. The molecule has 260 valence electrons. The molecule has 0 saturated heterocycles. The van der Waals surface area contributed by atoms with Crippen LogP contribution in [0.3, 0.4) is 0 Å². The van der Waals surface area contributed by atoms with Crippen LogP contribution >= 0.6 is 0 Å². The van der Waals surface area contributed by atoms with Crippen LogP contribution in [0.2, 0.25) is 0 Å². The van der Waals surface area contributed by atoms with Crippen molar-refractivity contribution in [3.05, 3.63) is 53.6 Å². The summed E-state index contributed by atoms with van der Waals surface area (Å²) >= 11 is 0. The molecule has 0 unspecified atom stereocenters. The van der Waals surface area contributed by atoms with Crippen LogP contribution in [0.15, 0.2) is 42.5 Å². The maximum atomic E-state index is 12.3. The van der Waals surface area contributed by atoms with E-state index >= 15 is 0 Å². The molecule has 0 saturated carbocycles. The van der Waals surface area contributed by atoms with Crippen molar-refractivity contribution in [2.45, 2.75) is 163 Å². The summed E-state index contributed by atoms with van der Waals surface area (Å²) in [7, 11) is 0. The number of hydrogen-bond donors (Lipinski definition) is 0. The highest BCUT2D eigenvalue weighted by Crippen LogP contribution is 2.21. The van der Waals surface area contributed by atoms with Gasteiger partial charge in [0.1, 0.15) is 5.52 Å². The van der Waals surface area contributed by atoms with E-state index in [9.17, 15) is 5.11 Å². The van der Waals surface area contributed by atoms with E-state index < -0.39 is 0 Å². The van der Waals surface area contributed by atoms with Gasteiger partial charge in [0.05, 0.1) is 38.2 Å². The fourth-order valence-corrected chi connectivity index (χ4v) is 6.57. The fourth-order valence-electron chi connectivity index (χ4n) is 6.57. The maximum Gasteiger partial charge on any atom is 0.113 e. The molecule has 5 heteroatoms. The van der Waals surface area contributed by atoms with Crippen LogP contribution in [0.5, 0.6) is 5.75 Å². The van der Waals surface area contributed by atoms with Crippen LogP contribution in [0.4, 0.5) is 0 Å². The Morgan fingerprint density at radius 2 is 1.09 bits per heavy atom. The smallest absolute Gasteiger partial charge is 0.113 e. The molecule has 46 heavy (non-hydrogen) atoms. The van der Waals surface area contributed by atoms with Gasteiger partial charge in [-0.3, -0.25) is 0 Å². The number of benzene rings is 2. The largest absolute Gasteiger partial charge is 0.872 e. The van der Waals surface area contributed by atoms with Gasteiger partial charge in [-0.15, -0.1) is 10.8 Å². The monoisotopic (exact) mass is 635 g/mol. The van der Waals surface area contributed by atoms with Crippen LogP contribution in [0.25, 0.3) is 11.0 Å². The summed E-state index contributed by atoms with van der Waals surface area (Å²) in [4.78, 5) is 0. The van der Waals surface area contributed by atoms with Crippen molar-refractivity contribution in [3.8, 4) is 5.75 Å². The third-order valence-corrected chi connectivity index (χ3v) is 9.63. The van der Waals surface area contributed by atoms with E-state index in [0.29, 0.717) is 6.54 Å². The quantitative estimate of drug-likeness (QED) is 0.0688. The minimum absolute atomic E-state index is 0.0800. The van der Waals surface area contributed by atoms with Crippen molar-refractivity contribution in [2.24, 2.45) is 0 Å². The van der Waals surface area contributed by atoms with Crippen molar-refractivity contribution < 1.29 is 9.59 Å². The van der Waals surface area contributed by atoms with E-state index in [0.717, 1.165) is 23.0 Å². The first-order chi connectivity index (χ1) is 22.5. The summed E-state index contributed by atoms with van der Waals surface area (Å²) in [6.45, 7) is 17.8. The third-order valence-electron chi connectivity index (χ3n) is 9.63. The lowest BCUT2D eigenvalue weighted by Gasteiger charge is -2.39. The summed E-state index contributed by atoms with van der Waals surface area (Å²) < 4.78 is 3.24. The van der Waals surface area contributed by atoms with Crippen LogP contribution in [-0.4, -0.2) is 45.7 Å². The van der Waals surface area contributed by atoms with Crippen molar-refractivity contribution in [1.82, 2.24) is 15.0 Å². The first kappa shape index (κ1) is 39.8. The number of unbranched alkanes of at least 4 members (excludes halogenated alkanes) is 13. The van der Waals surface area contributed by atoms with Crippen LogP contribution < -0.4 is 5.11 Å². The van der Waals surface area contributed by atoms with Gasteiger partial charge in [-0.25, -0.2) is 4.68 Å². The molecule has 0 aliphatic rings. The summed E-state index contributed by atoms with van der Waals surface area (Å²) in [6, 6.07) is 13.6. The van der Waals surface area contributed by atoms with E-state index in [-0.39, 0.29) is 5.75 Å². The van der Waals surface area contributed by atoms with Gasteiger partial charge in [-0.1, -0.05) is 154 Å². The lowest BCUT2D eigenvalue weighted by atomic mass is 10.0. The Morgan fingerprint density at radius 1 is 0.587 bits per heavy atom. The molecule has 0 amide bonds. The van der Waals surface area contributed by atoms with Gasteiger partial charge in [0, 0.05) is 0 Å². The molecule has 3 aromatic rings. The van der Waals surface area contributed by atoms with Crippen molar-refractivity contribution in [3.63, 3.8) is 0 Å². The summed E-state index contributed by atoms with van der Waals surface area (Å²) in [5.41, 5.74) is 3.88. The molecular formula is C41H70N4O. The average Bonchev–Trinajstić information content (AvgIpc) is 3.49. The Morgan fingerprint density at radius 3 is 1.63 bits per heavy atom. The second kappa shape index (κ2) is 24.7. The van der Waals surface area contributed by atoms with Gasteiger partial charge in [0.25, 0.3) is 0 Å². The number of rotatable bonds is 25. The molecule has 0 aliphatic heterocycles. The average molecular weight is 635 g/mol. The second-order valence-electron chi connectivity index (χ2n) is 13.8. The van der Waals surface area contributed by atoms with Gasteiger partial charge in [-0.05, 0) is 61.8 Å². The third kappa shape index (κ3) is 15.5. The molecule has 1 heterocycles. The van der Waals surface area contributed by atoms with Gasteiger partial charge >= 0.3 is 0 Å². The molecule has 0 atom stereocenters. The lowest BCUT2D eigenvalue weighted by molar-refractivity contribution is -0.929. The molecule has 2 aromatic carbocycles. The number of para-hydroxylation sites is 1. The maximum absolute atomic E-state index is 12.3. The topological polar surface area (TPSA) is 53.8 Å². The Balaban J connectivity index is 0.000000372. The Bertz CT molecular complexity index is 1120. The van der Waals surface area contributed by atoms with E-state index in [4.69, 9.17) is 0 Å². The molecular weight excluding hydrogens is 564 g/mol. The van der Waals surface area contributed by atoms with Crippen molar-refractivity contribution >= 4 is 11.0 Å². The molecule has 0 spiro atoms. The minimum Gasteiger partial charge on any atom is -0.872 e. The first-order valence-corrected chi connectivity index (χ1v) is 19.4. The molecule has 5 nitrogen and oxygen atoms in total. The molecule has 0 bridgehead atoms. The number of fused-ring (bicyclic) bond motifs is 1. The fraction of sp³-hybridized carbons (Fsp3) is 0.707. The molecule has 0 radical (unpaired) electrons. The first-order valence-electron chi connectivity index (χ1n) is 19.4. The zero-order chi connectivity index (χ0) is 33.3. The van der Waals surface area contributed by atoms with E-state index in [2.05, 4.69) is 51.0 Å². The summed E-state index contributed by atoms with van der Waals surface area (Å²) in [6.07, 6.45) is 25.5. The number of quaternary nitrogens is 1. The second-order valence-corrected chi connectivity index (χ2v) is 13.8. The van der Waals surface area contributed by atoms with Gasteiger partial charge in [-0.2, -0.15) is 0 Å². The van der Waals surface area contributed by atoms with Gasteiger partial charge in [0.15, 0.2) is 0 Å². The summed E-state index contributed by atoms with van der Waals surface area (Å²) in [5, 5.41) is 20.7. The zero-order valence-electron chi connectivity index (χ0n) is 30.7. The Hall–Kier alpha value is -2.40. The molecule has 1 aromatic heterocycles. The van der Waals surface area contributed by atoms with Crippen molar-refractivity contribution in [2.75, 3.05) is 26.2 Å². The van der Waals surface area contributed by atoms with Crippen molar-refractivity contribution in [1.29, 1.82) is 0 Å². The highest BCUT2D eigenvalue weighted by atomic mass is 16.3. The zero-order valence-corrected chi connectivity index (χ0v) is 30.7. The Labute approximate surface area is 283 Å². The highest BCUT2D eigenvalue weighted by molar-refractivity contribution is 5.73. The standard InChI is InChI=1S/C25H35N3O.C16H36N/c1-2-3-4-5-6-7-8-9-10-11-14-21-17-18-25(29)22(19-21)20-28-24-16-13-12-15-23(24)26-27-28;1-5-9-13-17(14-10-6-2,15-11-7-3)16-12-8-4/h12-13,15-19,29H,2-11,14,20H2,1H3;5-16H2,1-4H3/q;+1/p-1. The molecule has 0 aliphatic carbocycles. The molecule has 3 rings (SSSR count). The van der Waals surface area contributed by atoms with Gasteiger partial charge < -0.3 is 9.59 Å². The highest BCUT2D eigenvalue weighted by Gasteiger charge is 2.24. The van der Waals surface area contributed by atoms with Crippen LogP contribution in [0.1, 0.15) is 161 Å². The summed E-state index contributed by atoms with van der Waals surface area (Å²) in [5.74, 6) is 0.0800. The number of nitrogens with zero attached hydrogens (tertiary/aromatic N) is 4. The van der Waals surface area contributed by atoms with Gasteiger partial charge in [0.2, 0.25) is 0 Å². The predicted octanol–water partition coefficient (Wildman–Crippen LogP) is 11.0. The number of aryl methyl sites for hydroxylation is 1. The van der Waals surface area contributed by atoms with E-state index in [1.807, 2.05) is 35.0 Å². The molecule has 0 fully saturated rings. The van der Waals surface area contributed by atoms with Crippen LogP contribution in [0, 0.1) is 0 Å². The number of hydrogen-bond acceptors (Lipinski definition) is 3. The van der Waals surface area contributed by atoms with E-state index in [1.54, 1.807) is 6.07 Å². The van der Waals surface area contributed by atoms with Crippen LogP contribution in [-0.2, 0) is 13.0 Å². The molecule has 0 N–H and O–H groups in total. The number of aromatic nitrogens is 3. The predicted molar refractivity (Wildman–Crippen MR) is 197 cm³/mol. The van der Waals surface area contributed by atoms with E-state index in [1.165, 1.54) is 152 Å². The Kier molecular flexibility index (Phi) is 21.4. The minimum atomic E-state index is 0.0800. The SMILES string of the molecule is CCCCCCCCCCCCc1ccc([O-])c(Cn2nnc3ccccc32)c1.CCCC[N+](CCCC)(CCCC)CCCC. The normalized spacial score (nSPS) is 11.6.